The molecule has 0 unspecified atom stereocenters. The first-order valence-electron chi connectivity index (χ1n) is 5.65. The van der Waals surface area contributed by atoms with Gasteiger partial charge in [-0.3, -0.25) is 0 Å². The first kappa shape index (κ1) is 11.6. The Bertz CT molecular complexity index is 343. The molecule has 1 saturated carbocycles. The van der Waals surface area contributed by atoms with Gasteiger partial charge in [0.1, 0.15) is 5.82 Å². The second-order valence-corrected chi connectivity index (χ2v) is 4.73. The molecule has 2 rings (SSSR count). The molecule has 0 aromatic heterocycles. The van der Waals surface area contributed by atoms with E-state index in [4.69, 9.17) is 10.5 Å². The van der Waals surface area contributed by atoms with Crippen molar-refractivity contribution in [3.05, 3.63) is 35.6 Å². The lowest BCUT2D eigenvalue weighted by atomic mass is 9.59. The van der Waals surface area contributed by atoms with Gasteiger partial charge in [0.2, 0.25) is 0 Å². The fourth-order valence-corrected chi connectivity index (χ4v) is 2.73. The van der Waals surface area contributed by atoms with Crippen molar-refractivity contribution in [2.45, 2.75) is 18.3 Å². The number of hydrogen-bond donors (Lipinski definition) is 1. The monoisotopic (exact) mass is 223 g/mol. The molecule has 2 nitrogen and oxygen atoms in total. The van der Waals surface area contributed by atoms with Gasteiger partial charge in [-0.15, -0.1) is 0 Å². The number of hydrogen-bond acceptors (Lipinski definition) is 2. The van der Waals surface area contributed by atoms with Crippen molar-refractivity contribution in [3.63, 3.8) is 0 Å². The van der Waals surface area contributed by atoms with Crippen molar-refractivity contribution in [1.82, 2.24) is 0 Å². The van der Waals surface area contributed by atoms with E-state index < -0.39 is 0 Å². The third-order valence-electron chi connectivity index (χ3n) is 3.57. The minimum Gasteiger partial charge on any atom is -0.384 e. The lowest BCUT2D eigenvalue weighted by molar-refractivity contribution is 0.0422. The van der Waals surface area contributed by atoms with Crippen molar-refractivity contribution in [2.24, 2.45) is 11.7 Å². The number of methoxy groups -OCH3 is 1. The predicted molar refractivity (Wildman–Crippen MR) is 61.7 cm³/mol. The van der Waals surface area contributed by atoms with Crippen LogP contribution in [0.2, 0.25) is 0 Å². The summed E-state index contributed by atoms with van der Waals surface area (Å²) in [6.45, 7) is 1.42. The summed E-state index contributed by atoms with van der Waals surface area (Å²) in [5.41, 5.74) is 6.88. The maximum atomic E-state index is 12.9. The third-order valence-corrected chi connectivity index (χ3v) is 3.57. The summed E-state index contributed by atoms with van der Waals surface area (Å²) >= 11 is 0. The van der Waals surface area contributed by atoms with Gasteiger partial charge in [0.05, 0.1) is 6.61 Å². The van der Waals surface area contributed by atoms with E-state index in [1.54, 1.807) is 7.11 Å². The smallest absolute Gasteiger partial charge is 0.123 e. The predicted octanol–water partition coefficient (Wildman–Crippen LogP) is 2.08. The van der Waals surface area contributed by atoms with Crippen molar-refractivity contribution < 1.29 is 9.13 Å². The van der Waals surface area contributed by atoms with Crippen molar-refractivity contribution in [1.29, 1.82) is 0 Å². The lowest BCUT2D eigenvalue weighted by Gasteiger charge is -2.47. The summed E-state index contributed by atoms with van der Waals surface area (Å²) in [5.74, 6) is 0.395. The molecule has 0 atom stereocenters. The molecule has 0 saturated heterocycles. The Labute approximate surface area is 95.6 Å². The minimum absolute atomic E-state index is 0.0620. The number of halogens is 1. The van der Waals surface area contributed by atoms with Gasteiger partial charge in [-0.05, 0) is 43.0 Å². The van der Waals surface area contributed by atoms with Crippen LogP contribution in [0.25, 0.3) is 0 Å². The van der Waals surface area contributed by atoms with Crippen LogP contribution in [0, 0.1) is 11.7 Å². The normalized spacial score (nSPS) is 28.8. The van der Waals surface area contributed by atoms with Crippen LogP contribution in [0.3, 0.4) is 0 Å². The Morgan fingerprint density at radius 2 is 2.00 bits per heavy atom. The Balaban J connectivity index is 2.17. The van der Waals surface area contributed by atoms with Gasteiger partial charge in [0, 0.05) is 12.5 Å². The Kier molecular flexibility index (Phi) is 3.26. The third kappa shape index (κ3) is 1.97. The van der Waals surface area contributed by atoms with Crippen molar-refractivity contribution >= 4 is 0 Å². The average molecular weight is 223 g/mol. The SMILES string of the molecule is COCC1(c2ccc(F)cc2)CC(CN)C1. The van der Waals surface area contributed by atoms with Crippen molar-refractivity contribution in [2.75, 3.05) is 20.3 Å². The average Bonchev–Trinajstić information content (AvgIpc) is 2.24. The van der Waals surface area contributed by atoms with Crippen LogP contribution in [-0.4, -0.2) is 20.3 Å². The molecule has 0 aliphatic heterocycles. The standard InChI is InChI=1S/C13H18FNO/c1-16-9-13(6-10(7-13)8-15)11-2-4-12(14)5-3-11/h2-5,10H,6-9,15H2,1H3. The Morgan fingerprint density at radius 1 is 1.38 bits per heavy atom. The number of ether oxygens (including phenoxy) is 1. The van der Waals surface area contributed by atoms with E-state index in [0.717, 1.165) is 19.4 Å². The maximum absolute atomic E-state index is 12.9. The molecule has 1 fully saturated rings. The highest BCUT2D eigenvalue weighted by molar-refractivity contribution is 5.29. The molecule has 3 heteroatoms. The summed E-state index contributed by atoms with van der Waals surface area (Å²) in [4.78, 5) is 0. The summed E-state index contributed by atoms with van der Waals surface area (Å²) < 4.78 is 18.2. The van der Waals surface area contributed by atoms with Crippen LogP contribution in [0.4, 0.5) is 4.39 Å². The van der Waals surface area contributed by atoms with Crippen LogP contribution in [-0.2, 0) is 10.2 Å². The highest BCUT2D eigenvalue weighted by Crippen LogP contribution is 2.47. The van der Waals surface area contributed by atoms with Gasteiger partial charge in [-0.1, -0.05) is 12.1 Å². The van der Waals surface area contributed by atoms with Gasteiger partial charge in [-0.25, -0.2) is 4.39 Å². The molecule has 88 valence electrons. The minimum atomic E-state index is -0.189. The zero-order valence-corrected chi connectivity index (χ0v) is 9.58. The molecule has 16 heavy (non-hydrogen) atoms. The molecule has 1 aliphatic rings. The summed E-state index contributed by atoms with van der Waals surface area (Å²) in [6.07, 6.45) is 2.09. The largest absolute Gasteiger partial charge is 0.384 e. The molecular formula is C13H18FNO. The quantitative estimate of drug-likeness (QED) is 0.848. The van der Waals surface area contributed by atoms with Gasteiger partial charge in [-0.2, -0.15) is 0 Å². The van der Waals surface area contributed by atoms with E-state index in [-0.39, 0.29) is 11.2 Å². The highest BCUT2D eigenvalue weighted by atomic mass is 19.1. The second-order valence-electron chi connectivity index (χ2n) is 4.73. The van der Waals surface area contributed by atoms with E-state index in [1.807, 2.05) is 12.1 Å². The topological polar surface area (TPSA) is 35.2 Å². The molecule has 1 aliphatic carbocycles. The first-order valence-corrected chi connectivity index (χ1v) is 5.65. The summed E-state index contributed by atoms with van der Waals surface area (Å²) in [5, 5.41) is 0. The van der Waals surface area contributed by atoms with E-state index in [0.29, 0.717) is 12.5 Å². The lowest BCUT2D eigenvalue weighted by Crippen LogP contribution is -2.47. The van der Waals surface area contributed by atoms with Crippen LogP contribution >= 0.6 is 0 Å². The van der Waals surface area contributed by atoms with Crippen LogP contribution in [0.5, 0.6) is 0 Å². The molecule has 0 spiro atoms. The van der Waals surface area contributed by atoms with E-state index in [1.165, 1.54) is 17.7 Å². The second kappa shape index (κ2) is 4.52. The van der Waals surface area contributed by atoms with E-state index in [9.17, 15) is 4.39 Å². The molecule has 0 amide bonds. The van der Waals surface area contributed by atoms with Crippen LogP contribution < -0.4 is 5.73 Å². The van der Waals surface area contributed by atoms with E-state index in [2.05, 4.69) is 0 Å². The zero-order valence-electron chi connectivity index (χ0n) is 9.58. The van der Waals surface area contributed by atoms with Crippen molar-refractivity contribution in [3.8, 4) is 0 Å². The fraction of sp³-hybridized carbons (Fsp3) is 0.538. The maximum Gasteiger partial charge on any atom is 0.123 e. The Hall–Kier alpha value is -0.930. The van der Waals surface area contributed by atoms with Crippen LogP contribution in [0.15, 0.2) is 24.3 Å². The van der Waals surface area contributed by atoms with Gasteiger partial charge in [0.15, 0.2) is 0 Å². The molecule has 1 aromatic rings. The number of rotatable bonds is 4. The Morgan fingerprint density at radius 3 is 2.50 bits per heavy atom. The fourth-order valence-electron chi connectivity index (χ4n) is 2.73. The number of benzene rings is 1. The number of nitrogens with two attached hydrogens (primary N) is 1. The zero-order chi connectivity index (χ0) is 11.6. The van der Waals surface area contributed by atoms with Gasteiger partial charge >= 0.3 is 0 Å². The first-order chi connectivity index (χ1) is 7.70. The molecule has 0 radical (unpaired) electrons. The van der Waals surface area contributed by atoms with Gasteiger partial charge < -0.3 is 10.5 Å². The summed E-state index contributed by atoms with van der Waals surface area (Å²) in [7, 11) is 1.71. The molecule has 0 bridgehead atoms. The molecule has 0 heterocycles. The summed E-state index contributed by atoms with van der Waals surface area (Å²) in [6, 6.07) is 6.76. The van der Waals surface area contributed by atoms with Crippen LogP contribution in [0.1, 0.15) is 18.4 Å². The van der Waals surface area contributed by atoms with E-state index >= 15 is 0 Å². The molecular weight excluding hydrogens is 205 g/mol. The molecule has 2 N–H and O–H groups in total. The highest BCUT2D eigenvalue weighted by Gasteiger charge is 2.44. The van der Waals surface area contributed by atoms with Gasteiger partial charge in [0.25, 0.3) is 0 Å². The molecule has 1 aromatic carbocycles.